The van der Waals surface area contributed by atoms with E-state index in [2.05, 4.69) is 0 Å². The molecule has 3 rings (SSSR count). The zero-order valence-electron chi connectivity index (χ0n) is 12.9. The monoisotopic (exact) mass is 363 g/mol. The van der Waals surface area contributed by atoms with E-state index in [-0.39, 0.29) is 12.2 Å². The Kier molecular flexibility index (Phi) is 4.68. The molecular formula is C19H13ClF3NO. The molecule has 0 saturated carbocycles. The fraction of sp³-hybridized carbons (Fsp3) is 0.105. The summed E-state index contributed by atoms with van der Waals surface area (Å²) in [6.45, 7) is 0.0842. The van der Waals surface area contributed by atoms with Crippen LogP contribution in [0.25, 0.3) is 11.3 Å². The SMILES string of the molecule is O=c1cc(C(F)(F)F)cc(-c2ccccc2)n1Cc1ccccc1Cl. The molecule has 0 aliphatic heterocycles. The molecule has 25 heavy (non-hydrogen) atoms. The summed E-state index contributed by atoms with van der Waals surface area (Å²) in [5, 5.41) is 0.452. The Labute approximate surface area is 147 Å². The number of pyridine rings is 1. The van der Waals surface area contributed by atoms with Gasteiger partial charge in [-0.2, -0.15) is 13.2 Å². The highest BCUT2D eigenvalue weighted by molar-refractivity contribution is 6.31. The summed E-state index contributed by atoms with van der Waals surface area (Å²) in [7, 11) is 0. The first-order valence-corrected chi connectivity index (χ1v) is 7.85. The Morgan fingerprint density at radius 1 is 0.920 bits per heavy atom. The highest BCUT2D eigenvalue weighted by atomic mass is 35.5. The van der Waals surface area contributed by atoms with Gasteiger partial charge in [0.2, 0.25) is 0 Å². The number of rotatable bonds is 3. The lowest BCUT2D eigenvalue weighted by molar-refractivity contribution is -0.137. The van der Waals surface area contributed by atoms with Gasteiger partial charge in [0, 0.05) is 11.1 Å². The Bertz CT molecular complexity index is 949. The van der Waals surface area contributed by atoms with Crippen molar-refractivity contribution < 1.29 is 13.2 Å². The zero-order valence-corrected chi connectivity index (χ0v) is 13.7. The number of hydrogen-bond donors (Lipinski definition) is 0. The number of benzene rings is 2. The first-order valence-electron chi connectivity index (χ1n) is 7.47. The van der Waals surface area contributed by atoms with E-state index in [1.165, 1.54) is 4.57 Å². The Balaban J connectivity index is 2.20. The van der Waals surface area contributed by atoms with Crippen molar-refractivity contribution in [2.45, 2.75) is 12.7 Å². The van der Waals surface area contributed by atoms with E-state index < -0.39 is 17.3 Å². The predicted octanol–water partition coefficient (Wildman–Crippen LogP) is 5.24. The number of halogens is 4. The number of aromatic nitrogens is 1. The zero-order chi connectivity index (χ0) is 18.0. The molecule has 2 nitrogen and oxygen atoms in total. The molecule has 1 heterocycles. The van der Waals surface area contributed by atoms with E-state index in [0.29, 0.717) is 22.2 Å². The molecular weight excluding hydrogens is 351 g/mol. The molecule has 2 aromatic carbocycles. The molecule has 0 fully saturated rings. The normalized spacial score (nSPS) is 11.5. The quantitative estimate of drug-likeness (QED) is 0.624. The highest BCUT2D eigenvalue weighted by Crippen LogP contribution is 2.31. The second kappa shape index (κ2) is 6.76. The molecule has 0 N–H and O–H groups in total. The largest absolute Gasteiger partial charge is 0.416 e. The van der Waals surface area contributed by atoms with Crippen LogP contribution in [0.4, 0.5) is 13.2 Å². The summed E-state index contributed by atoms with van der Waals surface area (Å²) in [6.07, 6.45) is -4.59. The van der Waals surface area contributed by atoms with Crippen LogP contribution in [0.3, 0.4) is 0 Å². The summed E-state index contributed by atoms with van der Waals surface area (Å²) in [4.78, 5) is 12.4. The Morgan fingerprint density at radius 2 is 1.56 bits per heavy atom. The van der Waals surface area contributed by atoms with Crippen molar-refractivity contribution in [3.05, 3.63) is 93.2 Å². The average Bonchev–Trinajstić information content (AvgIpc) is 2.58. The molecule has 128 valence electrons. The van der Waals surface area contributed by atoms with E-state index in [4.69, 9.17) is 11.6 Å². The second-order valence-electron chi connectivity index (χ2n) is 5.51. The van der Waals surface area contributed by atoms with Crippen molar-refractivity contribution in [3.8, 4) is 11.3 Å². The summed E-state index contributed by atoms with van der Waals surface area (Å²) in [5.74, 6) is 0. The van der Waals surface area contributed by atoms with Crippen LogP contribution in [0, 0.1) is 0 Å². The minimum atomic E-state index is -4.59. The first kappa shape index (κ1) is 17.3. The number of hydrogen-bond acceptors (Lipinski definition) is 1. The molecule has 1 aromatic heterocycles. The van der Waals surface area contributed by atoms with Crippen molar-refractivity contribution >= 4 is 11.6 Å². The van der Waals surface area contributed by atoms with E-state index in [1.54, 1.807) is 54.6 Å². The molecule has 0 radical (unpaired) electrons. The highest BCUT2D eigenvalue weighted by Gasteiger charge is 2.32. The van der Waals surface area contributed by atoms with Gasteiger partial charge in [-0.05, 0) is 23.3 Å². The molecule has 3 aromatic rings. The van der Waals surface area contributed by atoms with Crippen molar-refractivity contribution in [2.24, 2.45) is 0 Å². The van der Waals surface area contributed by atoms with E-state index in [1.807, 2.05) is 0 Å². The summed E-state index contributed by atoms with van der Waals surface area (Å²) in [5.41, 5.74) is -0.318. The van der Waals surface area contributed by atoms with Gasteiger partial charge in [0.1, 0.15) is 0 Å². The third-order valence-electron chi connectivity index (χ3n) is 3.81. The van der Waals surface area contributed by atoms with E-state index >= 15 is 0 Å². The lowest BCUT2D eigenvalue weighted by atomic mass is 10.1. The lowest BCUT2D eigenvalue weighted by Crippen LogP contribution is -2.24. The number of nitrogens with zero attached hydrogens (tertiary/aromatic N) is 1. The number of alkyl halides is 3. The van der Waals surface area contributed by atoms with Gasteiger partial charge < -0.3 is 4.57 Å². The molecule has 0 bridgehead atoms. The van der Waals surface area contributed by atoms with Gasteiger partial charge >= 0.3 is 6.18 Å². The molecule has 6 heteroatoms. The van der Waals surface area contributed by atoms with Crippen LogP contribution < -0.4 is 5.56 Å². The lowest BCUT2D eigenvalue weighted by Gasteiger charge is -2.16. The van der Waals surface area contributed by atoms with Crippen LogP contribution in [-0.2, 0) is 12.7 Å². The smallest absolute Gasteiger partial charge is 0.304 e. The third-order valence-corrected chi connectivity index (χ3v) is 4.18. The first-order chi connectivity index (χ1) is 11.9. The molecule has 0 saturated heterocycles. The minimum Gasteiger partial charge on any atom is -0.304 e. The fourth-order valence-electron chi connectivity index (χ4n) is 2.57. The summed E-state index contributed by atoms with van der Waals surface area (Å²) < 4.78 is 40.6. The van der Waals surface area contributed by atoms with Gasteiger partial charge in [0.15, 0.2) is 0 Å². The standard InChI is InChI=1S/C19H13ClF3NO/c20-16-9-5-4-8-14(16)12-24-17(13-6-2-1-3-7-13)10-15(11-18(24)25)19(21,22)23/h1-11H,12H2. The van der Waals surface area contributed by atoms with Gasteiger partial charge in [-0.3, -0.25) is 4.79 Å². The van der Waals surface area contributed by atoms with Crippen LogP contribution in [0.1, 0.15) is 11.1 Å². The van der Waals surface area contributed by atoms with Gasteiger partial charge in [0.25, 0.3) is 5.56 Å². The van der Waals surface area contributed by atoms with Crippen molar-refractivity contribution in [2.75, 3.05) is 0 Å². The van der Waals surface area contributed by atoms with E-state index in [0.717, 1.165) is 6.07 Å². The molecule has 0 spiro atoms. The third kappa shape index (κ3) is 3.77. The van der Waals surface area contributed by atoms with Gasteiger partial charge in [-0.15, -0.1) is 0 Å². The van der Waals surface area contributed by atoms with Gasteiger partial charge in [-0.25, -0.2) is 0 Å². The predicted molar refractivity (Wildman–Crippen MR) is 91.7 cm³/mol. The fourth-order valence-corrected chi connectivity index (χ4v) is 2.76. The van der Waals surface area contributed by atoms with Crippen LogP contribution in [0.2, 0.25) is 5.02 Å². The maximum atomic E-state index is 13.1. The maximum Gasteiger partial charge on any atom is 0.416 e. The topological polar surface area (TPSA) is 22.0 Å². The molecule has 0 atom stereocenters. The Hall–Kier alpha value is -2.53. The molecule has 0 aliphatic carbocycles. The molecule has 0 aliphatic rings. The minimum absolute atomic E-state index is 0.0842. The van der Waals surface area contributed by atoms with Gasteiger partial charge in [-0.1, -0.05) is 60.1 Å². The van der Waals surface area contributed by atoms with Crippen LogP contribution >= 0.6 is 11.6 Å². The van der Waals surface area contributed by atoms with Crippen LogP contribution in [0.15, 0.2) is 71.5 Å². The van der Waals surface area contributed by atoms with Crippen molar-refractivity contribution in [1.82, 2.24) is 4.57 Å². The molecule has 0 amide bonds. The average molecular weight is 364 g/mol. The van der Waals surface area contributed by atoms with Crippen LogP contribution in [-0.4, -0.2) is 4.57 Å². The van der Waals surface area contributed by atoms with Gasteiger partial charge in [0.05, 0.1) is 17.8 Å². The van der Waals surface area contributed by atoms with E-state index in [9.17, 15) is 18.0 Å². The maximum absolute atomic E-state index is 13.1. The second-order valence-corrected chi connectivity index (χ2v) is 5.92. The van der Waals surface area contributed by atoms with Crippen molar-refractivity contribution in [3.63, 3.8) is 0 Å². The Morgan fingerprint density at radius 3 is 2.20 bits per heavy atom. The molecule has 0 unspecified atom stereocenters. The van der Waals surface area contributed by atoms with Crippen molar-refractivity contribution in [1.29, 1.82) is 0 Å². The van der Waals surface area contributed by atoms with Crippen LogP contribution in [0.5, 0.6) is 0 Å². The summed E-state index contributed by atoms with van der Waals surface area (Å²) in [6, 6.07) is 17.0. The summed E-state index contributed by atoms with van der Waals surface area (Å²) >= 11 is 6.13.